The third kappa shape index (κ3) is 6.70. The zero-order valence-corrected chi connectivity index (χ0v) is 20.5. The van der Waals surface area contributed by atoms with Gasteiger partial charge < -0.3 is 19.7 Å². The number of likely N-dealkylation sites (tertiary alicyclic amines) is 1. The van der Waals surface area contributed by atoms with Gasteiger partial charge in [-0.3, -0.25) is 0 Å². The fourth-order valence-corrected chi connectivity index (χ4v) is 4.19. The zero-order chi connectivity index (χ0) is 23.4. The molecule has 1 aromatic carbocycles. The Labute approximate surface area is 187 Å². The van der Waals surface area contributed by atoms with Crippen molar-refractivity contribution < 1.29 is 19.1 Å². The largest absolute Gasteiger partial charge is 0.465 e. The van der Waals surface area contributed by atoms with Crippen molar-refractivity contribution >= 4 is 12.1 Å². The Kier molecular flexibility index (Phi) is 8.15. The van der Waals surface area contributed by atoms with Gasteiger partial charge in [0.1, 0.15) is 5.60 Å². The fraction of sp³-hybridized carbons (Fsp3) is 0.680. The smallest absolute Gasteiger partial charge is 0.407 e. The van der Waals surface area contributed by atoms with Gasteiger partial charge in [-0.15, -0.1) is 0 Å². The molecule has 6 heteroatoms. The molecule has 3 atom stereocenters. The highest BCUT2D eigenvalue weighted by molar-refractivity contribution is 5.89. The molecular weight excluding hydrogens is 392 g/mol. The monoisotopic (exact) mass is 432 g/mol. The van der Waals surface area contributed by atoms with E-state index >= 15 is 0 Å². The van der Waals surface area contributed by atoms with E-state index in [0.29, 0.717) is 17.4 Å². The average Bonchev–Trinajstić information content (AvgIpc) is 2.68. The van der Waals surface area contributed by atoms with E-state index in [0.717, 1.165) is 26.1 Å². The summed E-state index contributed by atoms with van der Waals surface area (Å²) in [6, 6.07) is 7.84. The second kappa shape index (κ2) is 10.0. The number of benzene rings is 1. The van der Waals surface area contributed by atoms with Crippen LogP contribution in [0.4, 0.5) is 4.79 Å². The third-order valence-corrected chi connectivity index (χ3v) is 6.47. The number of alkyl carbamates (subject to hydrolysis) is 1. The van der Waals surface area contributed by atoms with E-state index in [2.05, 4.69) is 44.0 Å². The molecule has 1 saturated heterocycles. The van der Waals surface area contributed by atoms with E-state index in [1.54, 1.807) is 6.07 Å². The highest BCUT2D eigenvalue weighted by Crippen LogP contribution is 2.39. The van der Waals surface area contributed by atoms with Gasteiger partial charge in [0, 0.05) is 19.1 Å². The number of hydrogen-bond acceptors (Lipinski definition) is 5. The maximum Gasteiger partial charge on any atom is 0.407 e. The first-order valence-corrected chi connectivity index (χ1v) is 11.3. The quantitative estimate of drug-likeness (QED) is 0.664. The van der Waals surface area contributed by atoms with Crippen LogP contribution in [-0.2, 0) is 14.9 Å². The molecule has 6 nitrogen and oxygen atoms in total. The number of rotatable bonds is 6. The highest BCUT2D eigenvalue weighted by Gasteiger charge is 2.39. The Bertz CT molecular complexity index is 771. The van der Waals surface area contributed by atoms with Crippen LogP contribution in [0.1, 0.15) is 70.8 Å². The van der Waals surface area contributed by atoms with Gasteiger partial charge in [-0.05, 0) is 68.7 Å². The molecule has 0 bridgehead atoms. The van der Waals surface area contributed by atoms with Crippen LogP contribution in [-0.4, -0.2) is 55.3 Å². The van der Waals surface area contributed by atoms with Crippen molar-refractivity contribution in [2.45, 2.75) is 71.9 Å². The summed E-state index contributed by atoms with van der Waals surface area (Å²) in [5.41, 5.74) is 1.24. The van der Waals surface area contributed by atoms with E-state index in [9.17, 15) is 9.59 Å². The lowest BCUT2D eigenvalue weighted by atomic mass is 9.67. The van der Waals surface area contributed by atoms with Crippen LogP contribution in [0.5, 0.6) is 0 Å². The predicted molar refractivity (Wildman–Crippen MR) is 123 cm³/mol. The van der Waals surface area contributed by atoms with Gasteiger partial charge in [0.15, 0.2) is 0 Å². The first-order chi connectivity index (χ1) is 14.4. The van der Waals surface area contributed by atoms with E-state index < -0.39 is 5.60 Å². The first kappa shape index (κ1) is 25.2. The van der Waals surface area contributed by atoms with Crippen molar-refractivity contribution in [2.24, 2.45) is 11.8 Å². The van der Waals surface area contributed by atoms with Gasteiger partial charge in [0.25, 0.3) is 0 Å². The SMILES string of the molecule is COC(=O)c1cccc([C@]2(C)CCN(C[C@@H](NC(=O)OC(C)(C)C)C(C)C)C[C@@H]2C)c1. The van der Waals surface area contributed by atoms with Gasteiger partial charge in [-0.2, -0.15) is 0 Å². The van der Waals surface area contributed by atoms with Crippen LogP contribution in [0.25, 0.3) is 0 Å². The van der Waals surface area contributed by atoms with Crippen LogP contribution < -0.4 is 5.32 Å². The molecule has 1 aromatic rings. The van der Waals surface area contributed by atoms with Crippen LogP contribution in [0, 0.1) is 11.8 Å². The van der Waals surface area contributed by atoms with E-state index in [1.807, 2.05) is 32.9 Å². The predicted octanol–water partition coefficient (Wildman–Crippen LogP) is 4.62. The number of nitrogens with one attached hydrogen (secondary N) is 1. The summed E-state index contributed by atoms with van der Waals surface area (Å²) in [6.45, 7) is 17.1. The number of esters is 1. The summed E-state index contributed by atoms with van der Waals surface area (Å²) < 4.78 is 10.3. The van der Waals surface area contributed by atoms with Crippen molar-refractivity contribution in [1.29, 1.82) is 0 Å². The van der Waals surface area contributed by atoms with Crippen molar-refractivity contribution in [1.82, 2.24) is 10.2 Å². The van der Waals surface area contributed by atoms with Crippen molar-refractivity contribution in [3.05, 3.63) is 35.4 Å². The number of methoxy groups -OCH3 is 1. The van der Waals surface area contributed by atoms with Crippen LogP contribution in [0.15, 0.2) is 24.3 Å². The standard InChI is InChI=1S/C25H40N2O4/c1-17(2)21(26-23(29)31-24(4,5)6)16-27-13-12-25(7,18(3)15-27)20-11-9-10-19(14-20)22(28)30-8/h9-11,14,17-18,21H,12-13,15-16H2,1-8H3,(H,26,29)/t18-,21+,25+/m0/s1. The van der Waals surface area contributed by atoms with Crippen LogP contribution in [0.2, 0.25) is 0 Å². The topological polar surface area (TPSA) is 67.9 Å². The maximum atomic E-state index is 12.3. The molecular formula is C25H40N2O4. The number of hydrogen-bond donors (Lipinski definition) is 1. The normalized spacial score (nSPS) is 23.3. The van der Waals surface area contributed by atoms with Crippen LogP contribution >= 0.6 is 0 Å². The summed E-state index contributed by atoms with van der Waals surface area (Å²) in [5.74, 6) is 0.389. The molecule has 1 amide bonds. The lowest BCUT2D eigenvalue weighted by Gasteiger charge is -2.46. The summed E-state index contributed by atoms with van der Waals surface area (Å²) in [6.07, 6.45) is 0.622. The lowest BCUT2D eigenvalue weighted by Crippen LogP contribution is -2.53. The molecule has 0 saturated carbocycles. The van der Waals surface area contributed by atoms with E-state index in [4.69, 9.17) is 9.47 Å². The molecule has 0 aromatic heterocycles. The zero-order valence-electron chi connectivity index (χ0n) is 20.5. The maximum absolute atomic E-state index is 12.3. The number of piperidine rings is 1. The molecule has 174 valence electrons. The van der Waals surface area contributed by atoms with Crippen molar-refractivity contribution in [3.8, 4) is 0 Å². The molecule has 1 aliphatic heterocycles. The number of carbonyl (C=O) groups is 2. The first-order valence-electron chi connectivity index (χ1n) is 11.3. The molecule has 0 aliphatic carbocycles. The van der Waals surface area contributed by atoms with Gasteiger partial charge in [0.2, 0.25) is 0 Å². The second-order valence-corrected chi connectivity index (χ2v) is 10.4. The Morgan fingerprint density at radius 1 is 1.29 bits per heavy atom. The Morgan fingerprint density at radius 2 is 1.97 bits per heavy atom. The van der Waals surface area contributed by atoms with Crippen LogP contribution in [0.3, 0.4) is 0 Å². The molecule has 0 unspecified atom stereocenters. The van der Waals surface area contributed by atoms with Gasteiger partial charge in [-0.1, -0.05) is 39.8 Å². The number of carbonyl (C=O) groups excluding carboxylic acids is 2. The molecule has 1 aliphatic rings. The summed E-state index contributed by atoms with van der Waals surface area (Å²) in [4.78, 5) is 26.7. The fourth-order valence-electron chi connectivity index (χ4n) is 4.19. The molecule has 0 spiro atoms. The lowest BCUT2D eigenvalue weighted by molar-refractivity contribution is 0.0443. The summed E-state index contributed by atoms with van der Waals surface area (Å²) in [7, 11) is 1.41. The molecule has 1 heterocycles. The Hall–Kier alpha value is -2.08. The average molecular weight is 433 g/mol. The molecule has 31 heavy (non-hydrogen) atoms. The van der Waals surface area contributed by atoms with Crippen molar-refractivity contribution in [2.75, 3.05) is 26.7 Å². The third-order valence-electron chi connectivity index (χ3n) is 6.47. The van der Waals surface area contributed by atoms with Crippen molar-refractivity contribution in [3.63, 3.8) is 0 Å². The number of amides is 1. The number of ether oxygens (including phenoxy) is 2. The minimum atomic E-state index is -0.508. The highest BCUT2D eigenvalue weighted by atomic mass is 16.6. The number of nitrogens with zero attached hydrogens (tertiary/aromatic N) is 1. The van der Waals surface area contributed by atoms with Gasteiger partial charge in [0.05, 0.1) is 12.7 Å². The Morgan fingerprint density at radius 3 is 2.52 bits per heavy atom. The summed E-state index contributed by atoms with van der Waals surface area (Å²) in [5, 5.41) is 3.06. The molecule has 1 fully saturated rings. The molecule has 1 N–H and O–H groups in total. The minimum Gasteiger partial charge on any atom is -0.465 e. The minimum absolute atomic E-state index is 0.0214. The molecule has 0 radical (unpaired) electrons. The Balaban J connectivity index is 2.06. The molecule has 2 rings (SSSR count). The van der Waals surface area contributed by atoms with Gasteiger partial charge in [-0.25, -0.2) is 9.59 Å². The van der Waals surface area contributed by atoms with E-state index in [1.165, 1.54) is 12.7 Å². The van der Waals surface area contributed by atoms with E-state index in [-0.39, 0.29) is 23.5 Å². The summed E-state index contributed by atoms with van der Waals surface area (Å²) >= 11 is 0. The van der Waals surface area contributed by atoms with Gasteiger partial charge >= 0.3 is 12.1 Å². The second-order valence-electron chi connectivity index (χ2n) is 10.4.